The van der Waals surface area contributed by atoms with Crippen LogP contribution in [0.5, 0.6) is 5.75 Å². The van der Waals surface area contributed by atoms with Crippen LogP contribution in [0.4, 0.5) is 18.9 Å². The zero-order chi connectivity index (χ0) is 19.4. The normalized spacial score (nSPS) is 14.3. The van der Waals surface area contributed by atoms with Crippen molar-refractivity contribution in [3.8, 4) is 5.75 Å². The van der Waals surface area contributed by atoms with Gasteiger partial charge in [0.2, 0.25) is 5.91 Å². The molecule has 0 saturated heterocycles. The molecule has 144 valence electrons. The van der Waals surface area contributed by atoms with Crippen molar-refractivity contribution in [1.29, 1.82) is 0 Å². The van der Waals surface area contributed by atoms with Gasteiger partial charge >= 0.3 is 6.18 Å². The van der Waals surface area contributed by atoms with Crippen LogP contribution in [0.3, 0.4) is 0 Å². The van der Waals surface area contributed by atoms with E-state index in [0.717, 1.165) is 36.3 Å². The van der Waals surface area contributed by atoms with Crippen LogP contribution in [0.1, 0.15) is 24.0 Å². The van der Waals surface area contributed by atoms with E-state index in [1.807, 2.05) is 24.3 Å². The monoisotopic (exact) mass is 378 g/mol. The lowest BCUT2D eigenvalue weighted by molar-refractivity contribution is -0.137. The minimum absolute atomic E-state index is 0.192. The van der Waals surface area contributed by atoms with Gasteiger partial charge in [-0.05, 0) is 54.8 Å². The summed E-state index contributed by atoms with van der Waals surface area (Å²) >= 11 is 0. The fourth-order valence-electron chi connectivity index (χ4n) is 2.85. The van der Waals surface area contributed by atoms with Gasteiger partial charge in [-0.3, -0.25) is 9.69 Å². The molecule has 0 aliphatic heterocycles. The molecule has 7 heteroatoms. The smallest absolute Gasteiger partial charge is 0.416 e. The minimum Gasteiger partial charge on any atom is -0.497 e. The Morgan fingerprint density at radius 1 is 1.11 bits per heavy atom. The van der Waals surface area contributed by atoms with E-state index in [4.69, 9.17) is 4.74 Å². The number of hydrogen-bond acceptors (Lipinski definition) is 3. The van der Waals surface area contributed by atoms with Gasteiger partial charge in [0, 0.05) is 18.3 Å². The molecule has 1 aliphatic rings. The van der Waals surface area contributed by atoms with Crippen molar-refractivity contribution >= 4 is 11.6 Å². The highest BCUT2D eigenvalue weighted by atomic mass is 19.4. The number of amides is 1. The van der Waals surface area contributed by atoms with Gasteiger partial charge in [-0.25, -0.2) is 0 Å². The summed E-state index contributed by atoms with van der Waals surface area (Å²) in [5, 5.41) is 2.67. The molecular weight excluding hydrogens is 357 g/mol. The number of rotatable bonds is 7. The van der Waals surface area contributed by atoms with Gasteiger partial charge < -0.3 is 10.1 Å². The van der Waals surface area contributed by atoms with E-state index in [-0.39, 0.29) is 12.5 Å². The van der Waals surface area contributed by atoms with Crippen LogP contribution in [0.2, 0.25) is 0 Å². The molecule has 27 heavy (non-hydrogen) atoms. The maximum absolute atomic E-state index is 12.6. The first-order valence-electron chi connectivity index (χ1n) is 8.69. The molecule has 0 bridgehead atoms. The summed E-state index contributed by atoms with van der Waals surface area (Å²) in [5.41, 5.74) is 0.692. The fourth-order valence-corrected chi connectivity index (χ4v) is 2.85. The summed E-state index contributed by atoms with van der Waals surface area (Å²) < 4.78 is 43.0. The predicted molar refractivity (Wildman–Crippen MR) is 96.5 cm³/mol. The number of carbonyl (C=O) groups is 1. The number of carbonyl (C=O) groups excluding carboxylic acids is 1. The molecule has 1 fully saturated rings. The summed E-state index contributed by atoms with van der Waals surface area (Å²) in [6.45, 7) is 0.826. The molecule has 0 spiro atoms. The number of benzene rings is 2. The van der Waals surface area contributed by atoms with Crippen molar-refractivity contribution in [3.63, 3.8) is 0 Å². The molecule has 0 atom stereocenters. The SMILES string of the molecule is COc1ccc(CN(CC(=O)Nc2ccc(C(F)(F)F)cc2)C2CC2)cc1. The van der Waals surface area contributed by atoms with E-state index < -0.39 is 11.7 Å². The molecule has 1 N–H and O–H groups in total. The van der Waals surface area contributed by atoms with Crippen molar-refractivity contribution < 1.29 is 22.7 Å². The summed E-state index contributed by atoms with van der Waals surface area (Å²) in [7, 11) is 1.61. The van der Waals surface area contributed by atoms with Crippen LogP contribution in [-0.4, -0.2) is 30.5 Å². The highest BCUT2D eigenvalue weighted by Gasteiger charge is 2.31. The number of alkyl halides is 3. The molecule has 1 aliphatic carbocycles. The topological polar surface area (TPSA) is 41.6 Å². The Morgan fingerprint density at radius 2 is 1.74 bits per heavy atom. The van der Waals surface area contributed by atoms with Crippen LogP contribution in [0.25, 0.3) is 0 Å². The molecule has 2 aromatic rings. The average molecular weight is 378 g/mol. The van der Waals surface area contributed by atoms with Crippen LogP contribution in [-0.2, 0) is 17.5 Å². The van der Waals surface area contributed by atoms with Crippen molar-refractivity contribution in [2.45, 2.75) is 31.6 Å². The summed E-state index contributed by atoms with van der Waals surface area (Å²) in [5.74, 6) is 0.534. The second kappa shape index (κ2) is 8.00. The van der Waals surface area contributed by atoms with E-state index in [2.05, 4.69) is 10.2 Å². The summed E-state index contributed by atoms with van der Waals surface area (Å²) in [6.07, 6.45) is -2.29. The van der Waals surface area contributed by atoms with Gasteiger partial charge in [-0.2, -0.15) is 13.2 Å². The maximum atomic E-state index is 12.6. The standard InChI is InChI=1S/C20H21F3N2O2/c1-27-18-10-2-14(3-11-18)12-25(17-8-9-17)13-19(26)24-16-6-4-15(5-7-16)20(21,22)23/h2-7,10-11,17H,8-9,12-13H2,1H3,(H,24,26). The van der Waals surface area contributed by atoms with Crippen molar-refractivity contribution in [1.82, 2.24) is 4.90 Å². The van der Waals surface area contributed by atoms with Gasteiger partial charge in [-0.1, -0.05) is 12.1 Å². The Hall–Kier alpha value is -2.54. The zero-order valence-corrected chi connectivity index (χ0v) is 14.9. The number of ether oxygens (including phenoxy) is 1. The quantitative estimate of drug-likeness (QED) is 0.780. The maximum Gasteiger partial charge on any atom is 0.416 e. The van der Waals surface area contributed by atoms with E-state index in [1.54, 1.807) is 7.11 Å². The van der Waals surface area contributed by atoms with Crippen LogP contribution >= 0.6 is 0 Å². The first-order chi connectivity index (χ1) is 12.8. The third-order valence-electron chi connectivity index (χ3n) is 4.45. The van der Waals surface area contributed by atoms with Crippen LogP contribution < -0.4 is 10.1 Å². The summed E-state index contributed by atoms with van der Waals surface area (Å²) in [4.78, 5) is 14.4. The Balaban J connectivity index is 1.58. The van der Waals surface area contributed by atoms with Gasteiger partial charge in [-0.15, -0.1) is 0 Å². The molecule has 1 saturated carbocycles. The lowest BCUT2D eigenvalue weighted by atomic mass is 10.2. The number of hydrogen-bond donors (Lipinski definition) is 1. The van der Waals surface area contributed by atoms with Crippen molar-refractivity contribution in [2.24, 2.45) is 0 Å². The molecule has 2 aromatic carbocycles. The van der Waals surface area contributed by atoms with E-state index >= 15 is 0 Å². The van der Waals surface area contributed by atoms with Crippen LogP contribution in [0, 0.1) is 0 Å². The minimum atomic E-state index is -4.39. The molecule has 0 unspecified atom stereocenters. The third-order valence-corrected chi connectivity index (χ3v) is 4.45. The fraction of sp³-hybridized carbons (Fsp3) is 0.350. The Kier molecular flexibility index (Phi) is 5.70. The van der Waals surface area contributed by atoms with E-state index in [0.29, 0.717) is 18.3 Å². The van der Waals surface area contributed by atoms with Gasteiger partial charge in [0.25, 0.3) is 0 Å². The first kappa shape index (κ1) is 19.2. The largest absolute Gasteiger partial charge is 0.497 e. The van der Waals surface area contributed by atoms with Gasteiger partial charge in [0.1, 0.15) is 5.75 Å². The molecule has 1 amide bonds. The third kappa shape index (κ3) is 5.47. The molecular formula is C20H21F3N2O2. The van der Waals surface area contributed by atoms with Crippen molar-refractivity contribution in [3.05, 3.63) is 59.7 Å². The van der Waals surface area contributed by atoms with E-state index in [1.165, 1.54) is 12.1 Å². The molecule has 0 radical (unpaired) electrons. The predicted octanol–water partition coefficient (Wildman–Crippen LogP) is 4.32. The molecule has 0 heterocycles. The summed E-state index contributed by atoms with van der Waals surface area (Å²) in [6, 6.07) is 12.5. The molecule has 4 nitrogen and oxygen atoms in total. The molecule has 3 rings (SSSR count). The van der Waals surface area contributed by atoms with E-state index in [9.17, 15) is 18.0 Å². The van der Waals surface area contributed by atoms with Crippen molar-refractivity contribution in [2.75, 3.05) is 19.0 Å². The number of halogens is 3. The zero-order valence-electron chi connectivity index (χ0n) is 14.9. The average Bonchev–Trinajstić information content (AvgIpc) is 3.46. The second-order valence-electron chi connectivity index (χ2n) is 6.61. The Labute approximate surface area is 155 Å². The second-order valence-corrected chi connectivity index (χ2v) is 6.61. The number of anilines is 1. The lowest BCUT2D eigenvalue weighted by Gasteiger charge is -2.21. The lowest BCUT2D eigenvalue weighted by Crippen LogP contribution is -2.34. The van der Waals surface area contributed by atoms with Crippen LogP contribution in [0.15, 0.2) is 48.5 Å². The Bertz CT molecular complexity index is 769. The highest BCUT2D eigenvalue weighted by molar-refractivity contribution is 5.92. The first-order valence-corrected chi connectivity index (χ1v) is 8.69. The number of methoxy groups -OCH3 is 1. The highest BCUT2D eigenvalue weighted by Crippen LogP contribution is 2.30. The van der Waals surface area contributed by atoms with Gasteiger partial charge in [0.15, 0.2) is 0 Å². The Morgan fingerprint density at radius 3 is 2.26 bits per heavy atom. The van der Waals surface area contributed by atoms with Gasteiger partial charge in [0.05, 0.1) is 19.2 Å². The molecule has 0 aromatic heterocycles. The number of nitrogens with zero attached hydrogens (tertiary/aromatic N) is 1. The number of nitrogens with one attached hydrogen (secondary N) is 1.